The highest BCUT2D eigenvalue weighted by molar-refractivity contribution is 5.57. The van der Waals surface area contributed by atoms with Crippen LogP contribution < -0.4 is 15.5 Å². The van der Waals surface area contributed by atoms with Crippen molar-refractivity contribution in [2.24, 2.45) is 0 Å². The van der Waals surface area contributed by atoms with E-state index in [2.05, 4.69) is 54.9 Å². The molecule has 0 radical (unpaired) electrons. The van der Waals surface area contributed by atoms with Gasteiger partial charge in [0.05, 0.1) is 11.9 Å². The van der Waals surface area contributed by atoms with Gasteiger partial charge in [-0.1, -0.05) is 43.2 Å². The minimum Gasteiger partial charge on any atom is -0.424 e. The van der Waals surface area contributed by atoms with Gasteiger partial charge in [-0.3, -0.25) is 0 Å². The van der Waals surface area contributed by atoms with Crippen molar-refractivity contribution in [1.29, 1.82) is 0 Å². The molecule has 2 N–H and O–H groups in total. The quantitative estimate of drug-likeness (QED) is 0.387. The molecule has 1 aliphatic carbocycles. The maximum Gasteiger partial charge on any atom is 0.295 e. The summed E-state index contributed by atoms with van der Waals surface area (Å²) in [4.78, 5) is 11.1. The Labute approximate surface area is 211 Å². The van der Waals surface area contributed by atoms with Crippen LogP contribution in [0.3, 0.4) is 0 Å². The van der Waals surface area contributed by atoms with Crippen LogP contribution in [0.5, 0.6) is 0 Å². The fourth-order valence-electron chi connectivity index (χ4n) is 5.55. The number of aromatic nitrogens is 4. The molecule has 2 aromatic carbocycles. The lowest BCUT2D eigenvalue weighted by Gasteiger charge is -2.40. The van der Waals surface area contributed by atoms with E-state index in [0.29, 0.717) is 24.1 Å². The molecule has 0 amide bonds. The molecule has 3 atom stereocenters. The van der Waals surface area contributed by atoms with Crippen molar-refractivity contribution >= 4 is 11.7 Å². The molecule has 1 aliphatic heterocycles. The van der Waals surface area contributed by atoms with E-state index in [0.717, 1.165) is 36.5 Å². The summed E-state index contributed by atoms with van der Waals surface area (Å²) < 4.78 is 7.84. The van der Waals surface area contributed by atoms with Gasteiger partial charge in [-0.05, 0) is 49.9 Å². The number of nitrogens with one attached hydrogen (secondary N) is 2. The maximum atomic E-state index is 6.05. The van der Waals surface area contributed by atoms with Crippen molar-refractivity contribution in [3.63, 3.8) is 0 Å². The Bertz CT molecular complexity index is 1220. The molecule has 1 saturated heterocycles. The molecule has 0 bridgehead atoms. The van der Waals surface area contributed by atoms with Gasteiger partial charge < -0.3 is 20.0 Å². The van der Waals surface area contributed by atoms with Gasteiger partial charge in [0.2, 0.25) is 0 Å². The van der Waals surface area contributed by atoms with E-state index in [1.165, 1.54) is 37.8 Å². The third-order valence-electron chi connectivity index (χ3n) is 7.41. The molecule has 4 aromatic rings. The summed E-state index contributed by atoms with van der Waals surface area (Å²) in [6.07, 6.45) is 12.3. The number of nitrogens with zero attached hydrogens (tertiary/aromatic N) is 5. The molecule has 0 spiro atoms. The van der Waals surface area contributed by atoms with E-state index in [4.69, 9.17) is 4.42 Å². The molecule has 186 valence electrons. The molecule has 2 aliphatic rings. The van der Waals surface area contributed by atoms with Crippen LogP contribution >= 0.6 is 0 Å². The topological polar surface area (TPSA) is 84.0 Å². The highest BCUT2D eigenvalue weighted by Crippen LogP contribution is 2.27. The van der Waals surface area contributed by atoms with Crippen molar-refractivity contribution in [2.45, 2.75) is 56.7 Å². The zero-order valence-corrected chi connectivity index (χ0v) is 20.5. The van der Waals surface area contributed by atoms with Gasteiger partial charge in [-0.15, -0.1) is 0 Å². The highest BCUT2D eigenvalue weighted by Gasteiger charge is 2.30. The van der Waals surface area contributed by atoms with Crippen LogP contribution in [-0.4, -0.2) is 51.0 Å². The predicted molar refractivity (Wildman–Crippen MR) is 141 cm³/mol. The average molecular weight is 484 g/mol. The Balaban J connectivity index is 1.08. The Morgan fingerprint density at radius 1 is 0.861 bits per heavy atom. The Morgan fingerprint density at radius 2 is 1.67 bits per heavy atom. The van der Waals surface area contributed by atoms with Gasteiger partial charge in [0, 0.05) is 42.5 Å². The summed E-state index contributed by atoms with van der Waals surface area (Å²) in [6.45, 7) is 2.11. The first-order chi connectivity index (χ1) is 17.8. The summed E-state index contributed by atoms with van der Waals surface area (Å²) in [7, 11) is 0. The summed E-state index contributed by atoms with van der Waals surface area (Å²) in [5, 5.41) is 11.8. The number of rotatable bonds is 7. The molecule has 3 heterocycles. The van der Waals surface area contributed by atoms with E-state index in [9.17, 15) is 0 Å². The zero-order valence-electron chi connectivity index (χ0n) is 20.5. The lowest BCUT2D eigenvalue weighted by molar-refractivity contribution is 0.290. The molecule has 3 unspecified atom stereocenters. The molecular formula is C28H33N7O. The second kappa shape index (κ2) is 10.5. The molecule has 36 heavy (non-hydrogen) atoms. The van der Waals surface area contributed by atoms with Gasteiger partial charge >= 0.3 is 0 Å². The Morgan fingerprint density at radius 3 is 2.47 bits per heavy atom. The van der Waals surface area contributed by atoms with Gasteiger partial charge in [-0.25, -0.2) is 14.6 Å². The van der Waals surface area contributed by atoms with E-state index < -0.39 is 0 Å². The van der Waals surface area contributed by atoms with Crippen molar-refractivity contribution in [1.82, 2.24) is 25.1 Å². The van der Waals surface area contributed by atoms with Crippen molar-refractivity contribution in [3.8, 4) is 17.0 Å². The van der Waals surface area contributed by atoms with Gasteiger partial charge in [0.25, 0.3) is 6.01 Å². The number of benzene rings is 2. The second-order valence-electron chi connectivity index (χ2n) is 9.85. The predicted octanol–water partition coefficient (Wildman–Crippen LogP) is 4.90. The van der Waals surface area contributed by atoms with Crippen LogP contribution in [0.4, 0.5) is 11.7 Å². The largest absolute Gasteiger partial charge is 0.424 e. The monoisotopic (exact) mass is 483 g/mol. The van der Waals surface area contributed by atoms with Gasteiger partial charge in [-0.2, -0.15) is 5.10 Å². The fourth-order valence-corrected chi connectivity index (χ4v) is 5.55. The Hall–Kier alpha value is -3.65. The number of oxazole rings is 1. The third-order valence-corrected chi connectivity index (χ3v) is 7.41. The zero-order chi connectivity index (χ0) is 24.2. The first-order valence-electron chi connectivity index (χ1n) is 13.1. The molecule has 1 saturated carbocycles. The van der Waals surface area contributed by atoms with Crippen LogP contribution in [0.2, 0.25) is 0 Å². The smallest absolute Gasteiger partial charge is 0.295 e. The molecule has 8 nitrogen and oxygen atoms in total. The second-order valence-corrected chi connectivity index (χ2v) is 9.85. The lowest BCUT2D eigenvalue weighted by Crippen LogP contribution is -2.54. The number of anilines is 2. The van der Waals surface area contributed by atoms with Crippen molar-refractivity contribution < 1.29 is 4.42 Å². The van der Waals surface area contributed by atoms with Crippen LogP contribution in [0.15, 0.2) is 77.9 Å². The summed E-state index contributed by atoms with van der Waals surface area (Å²) in [5.74, 6) is 0.802. The van der Waals surface area contributed by atoms with Crippen molar-refractivity contribution in [3.05, 3.63) is 73.4 Å². The third kappa shape index (κ3) is 5.14. The first kappa shape index (κ1) is 22.8. The first-order valence-corrected chi connectivity index (χ1v) is 13.1. The normalized spacial score (nSPS) is 22.4. The fraction of sp³-hybridized carbons (Fsp3) is 0.393. The summed E-state index contributed by atoms with van der Waals surface area (Å²) in [6, 6.07) is 20.6. The van der Waals surface area contributed by atoms with E-state index in [1.54, 1.807) is 17.3 Å². The van der Waals surface area contributed by atoms with E-state index in [1.807, 2.05) is 36.5 Å². The van der Waals surface area contributed by atoms with Gasteiger partial charge in [0.15, 0.2) is 5.76 Å². The molecule has 8 heteroatoms. The number of hydrogen-bond donors (Lipinski definition) is 2. The summed E-state index contributed by atoms with van der Waals surface area (Å²) >= 11 is 0. The molecule has 2 aromatic heterocycles. The average Bonchev–Trinajstić information content (AvgIpc) is 3.64. The van der Waals surface area contributed by atoms with Crippen LogP contribution in [0.25, 0.3) is 17.0 Å². The van der Waals surface area contributed by atoms with E-state index >= 15 is 0 Å². The van der Waals surface area contributed by atoms with Crippen LogP contribution in [0, 0.1) is 0 Å². The van der Waals surface area contributed by atoms with Crippen LogP contribution in [-0.2, 0) is 0 Å². The van der Waals surface area contributed by atoms with Crippen molar-refractivity contribution in [2.75, 3.05) is 23.3 Å². The lowest BCUT2D eigenvalue weighted by atomic mass is 9.89. The minimum atomic E-state index is 0.318. The van der Waals surface area contributed by atoms with Crippen LogP contribution in [0.1, 0.15) is 38.5 Å². The molecule has 6 rings (SSSR count). The molecular weight excluding hydrogens is 450 g/mol. The minimum absolute atomic E-state index is 0.318. The summed E-state index contributed by atoms with van der Waals surface area (Å²) in [5.41, 5.74) is 3.34. The Kier molecular flexibility index (Phi) is 6.67. The SMILES string of the molecule is c1ccc(-c2cnc(NC3CCCCC3NC3CCCN(c4ccc(-n5cncn5)cc4)C3)o2)cc1. The number of piperidine rings is 1. The number of hydrogen-bond acceptors (Lipinski definition) is 7. The van der Waals surface area contributed by atoms with Gasteiger partial charge in [0.1, 0.15) is 12.7 Å². The highest BCUT2D eigenvalue weighted by atomic mass is 16.4. The standard InChI is InChI=1S/C28H33N7O/c1-2-7-21(8-3-1)27-17-30-28(36-27)33-26-11-5-4-10-25(26)32-22-9-6-16-34(18-22)23-12-14-24(15-13-23)35-20-29-19-31-35/h1-3,7-8,12-15,17,19-20,22,25-26,32H,4-6,9-11,16,18H2,(H,30,33). The van der Waals surface area contributed by atoms with E-state index in [-0.39, 0.29) is 0 Å². The molecule has 2 fully saturated rings. The maximum absolute atomic E-state index is 6.05.